The zero-order chi connectivity index (χ0) is 8.10. The molecular formula is C10H15N. The average molecular weight is 149 g/mol. The number of hydrogen-bond acceptors (Lipinski definition) is 1. The highest BCUT2D eigenvalue weighted by Gasteiger charge is 2.12. The first-order chi connectivity index (χ1) is 5.38. The molecule has 1 atom stereocenters. The Morgan fingerprint density at radius 3 is 2.91 bits per heavy atom. The summed E-state index contributed by atoms with van der Waals surface area (Å²) in [5.74, 6) is 0.204. The van der Waals surface area contributed by atoms with E-state index in [-0.39, 0.29) is 5.92 Å². The van der Waals surface area contributed by atoms with Gasteiger partial charge in [-0.15, -0.1) is 0 Å². The van der Waals surface area contributed by atoms with E-state index in [1.165, 1.54) is 24.8 Å². The van der Waals surface area contributed by atoms with E-state index in [0.717, 1.165) is 12.8 Å². The lowest BCUT2D eigenvalue weighted by Crippen LogP contribution is -2.03. The third-order valence-electron chi connectivity index (χ3n) is 2.34. The van der Waals surface area contributed by atoms with Gasteiger partial charge in [0, 0.05) is 0 Å². The molecule has 0 heterocycles. The fourth-order valence-electron chi connectivity index (χ4n) is 1.62. The van der Waals surface area contributed by atoms with Crippen LogP contribution in [-0.2, 0) is 0 Å². The molecule has 1 aliphatic rings. The highest BCUT2D eigenvalue weighted by atomic mass is 14.3. The lowest BCUT2D eigenvalue weighted by atomic mass is 9.89. The van der Waals surface area contributed by atoms with Crippen LogP contribution in [0.3, 0.4) is 0 Å². The molecule has 1 unspecified atom stereocenters. The van der Waals surface area contributed by atoms with Gasteiger partial charge >= 0.3 is 0 Å². The molecule has 60 valence electrons. The minimum Gasteiger partial charge on any atom is -0.198 e. The van der Waals surface area contributed by atoms with Crippen LogP contribution in [0, 0.1) is 17.2 Å². The van der Waals surface area contributed by atoms with Gasteiger partial charge in [0.15, 0.2) is 0 Å². The van der Waals surface area contributed by atoms with Gasteiger partial charge in [0.05, 0.1) is 12.0 Å². The van der Waals surface area contributed by atoms with Crippen LogP contribution in [-0.4, -0.2) is 0 Å². The van der Waals surface area contributed by atoms with Gasteiger partial charge in [-0.2, -0.15) is 5.26 Å². The maximum Gasteiger partial charge on any atom is 0.0700 e. The third-order valence-corrected chi connectivity index (χ3v) is 2.34. The van der Waals surface area contributed by atoms with Crippen LogP contribution >= 0.6 is 0 Å². The molecule has 0 amide bonds. The quantitative estimate of drug-likeness (QED) is 0.553. The molecule has 0 saturated carbocycles. The van der Waals surface area contributed by atoms with Gasteiger partial charge in [-0.1, -0.05) is 18.6 Å². The lowest BCUT2D eigenvalue weighted by Gasteiger charge is -2.15. The zero-order valence-corrected chi connectivity index (χ0v) is 7.14. The molecule has 0 aromatic heterocycles. The standard InChI is InChI=1S/C10H15N/c1-2-9(8-11)10-6-4-3-5-7-10/h6,9H,2-5,7H2,1H3. The zero-order valence-electron chi connectivity index (χ0n) is 7.14. The summed E-state index contributed by atoms with van der Waals surface area (Å²) in [7, 11) is 0. The Balaban J connectivity index is 2.57. The normalized spacial score (nSPS) is 20.2. The lowest BCUT2D eigenvalue weighted by molar-refractivity contribution is 0.617. The van der Waals surface area contributed by atoms with Gasteiger partial charge in [-0.05, 0) is 32.1 Å². The summed E-state index contributed by atoms with van der Waals surface area (Å²) in [5.41, 5.74) is 1.39. The Kier molecular flexibility index (Phi) is 3.16. The molecule has 0 radical (unpaired) electrons. The highest BCUT2D eigenvalue weighted by Crippen LogP contribution is 2.25. The van der Waals surface area contributed by atoms with Crippen LogP contribution in [0.4, 0.5) is 0 Å². The number of hydrogen-bond donors (Lipinski definition) is 0. The molecule has 1 rings (SSSR count). The van der Waals surface area contributed by atoms with Gasteiger partial charge in [0.1, 0.15) is 0 Å². The summed E-state index contributed by atoms with van der Waals surface area (Å²) in [6.45, 7) is 2.09. The number of rotatable bonds is 2. The summed E-state index contributed by atoms with van der Waals surface area (Å²) >= 11 is 0. The van der Waals surface area contributed by atoms with Crippen molar-refractivity contribution < 1.29 is 0 Å². The van der Waals surface area contributed by atoms with E-state index in [1.54, 1.807) is 0 Å². The molecule has 11 heavy (non-hydrogen) atoms. The Labute approximate surface area is 68.7 Å². The monoisotopic (exact) mass is 149 g/mol. The maximum absolute atomic E-state index is 8.79. The maximum atomic E-state index is 8.79. The first kappa shape index (κ1) is 8.33. The van der Waals surface area contributed by atoms with Crippen LogP contribution in [0.15, 0.2) is 11.6 Å². The third kappa shape index (κ3) is 2.08. The molecule has 0 aliphatic heterocycles. The molecule has 0 fully saturated rings. The van der Waals surface area contributed by atoms with Gasteiger partial charge in [-0.3, -0.25) is 0 Å². The van der Waals surface area contributed by atoms with Crippen molar-refractivity contribution in [2.24, 2.45) is 5.92 Å². The topological polar surface area (TPSA) is 23.8 Å². The van der Waals surface area contributed by atoms with E-state index in [2.05, 4.69) is 19.1 Å². The Hall–Kier alpha value is -0.770. The van der Waals surface area contributed by atoms with Crippen molar-refractivity contribution in [1.82, 2.24) is 0 Å². The second-order valence-corrected chi connectivity index (χ2v) is 3.11. The smallest absolute Gasteiger partial charge is 0.0700 e. The fourth-order valence-corrected chi connectivity index (χ4v) is 1.62. The van der Waals surface area contributed by atoms with Crippen molar-refractivity contribution in [1.29, 1.82) is 5.26 Å². The second kappa shape index (κ2) is 4.18. The molecule has 1 aliphatic carbocycles. The molecule has 0 spiro atoms. The van der Waals surface area contributed by atoms with Gasteiger partial charge in [0.2, 0.25) is 0 Å². The Morgan fingerprint density at radius 1 is 1.64 bits per heavy atom. The number of nitrogens with zero attached hydrogens (tertiary/aromatic N) is 1. The number of allylic oxidation sites excluding steroid dienone is 2. The van der Waals surface area contributed by atoms with Crippen LogP contribution in [0.5, 0.6) is 0 Å². The van der Waals surface area contributed by atoms with Gasteiger partial charge in [0.25, 0.3) is 0 Å². The molecule has 1 heteroatoms. The summed E-state index contributed by atoms with van der Waals surface area (Å²) in [6.07, 6.45) is 8.18. The van der Waals surface area contributed by atoms with E-state index in [0.29, 0.717) is 0 Å². The van der Waals surface area contributed by atoms with Crippen molar-refractivity contribution in [3.05, 3.63) is 11.6 Å². The minimum absolute atomic E-state index is 0.204. The van der Waals surface area contributed by atoms with Crippen LogP contribution in [0.2, 0.25) is 0 Å². The molecule has 0 aromatic rings. The SMILES string of the molecule is CCC(C#N)C1=CCCCC1. The van der Waals surface area contributed by atoms with E-state index >= 15 is 0 Å². The van der Waals surface area contributed by atoms with Crippen molar-refractivity contribution in [3.8, 4) is 6.07 Å². The van der Waals surface area contributed by atoms with Crippen LogP contribution in [0.1, 0.15) is 39.0 Å². The minimum atomic E-state index is 0.204. The second-order valence-electron chi connectivity index (χ2n) is 3.11. The Bertz CT molecular complexity index is 186. The predicted octanol–water partition coefficient (Wildman–Crippen LogP) is 3.04. The van der Waals surface area contributed by atoms with Gasteiger partial charge in [-0.25, -0.2) is 0 Å². The average Bonchev–Trinajstić information content (AvgIpc) is 2.09. The molecule has 0 aromatic carbocycles. The van der Waals surface area contributed by atoms with E-state index in [9.17, 15) is 0 Å². The van der Waals surface area contributed by atoms with E-state index in [4.69, 9.17) is 5.26 Å². The van der Waals surface area contributed by atoms with Crippen molar-refractivity contribution in [2.75, 3.05) is 0 Å². The molecular weight excluding hydrogens is 134 g/mol. The molecule has 0 bridgehead atoms. The van der Waals surface area contributed by atoms with Gasteiger partial charge < -0.3 is 0 Å². The predicted molar refractivity (Wildman–Crippen MR) is 45.9 cm³/mol. The summed E-state index contributed by atoms with van der Waals surface area (Å²) in [6, 6.07) is 2.35. The molecule has 1 nitrogen and oxygen atoms in total. The van der Waals surface area contributed by atoms with E-state index < -0.39 is 0 Å². The fraction of sp³-hybridized carbons (Fsp3) is 0.700. The first-order valence-corrected chi connectivity index (χ1v) is 4.47. The molecule has 0 N–H and O–H groups in total. The van der Waals surface area contributed by atoms with Crippen molar-refractivity contribution in [3.63, 3.8) is 0 Å². The van der Waals surface area contributed by atoms with Crippen LogP contribution < -0.4 is 0 Å². The first-order valence-electron chi connectivity index (χ1n) is 4.47. The van der Waals surface area contributed by atoms with Crippen molar-refractivity contribution in [2.45, 2.75) is 39.0 Å². The Morgan fingerprint density at radius 2 is 2.45 bits per heavy atom. The van der Waals surface area contributed by atoms with Crippen LogP contribution in [0.25, 0.3) is 0 Å². The summed E-state index contributed by atoms with van der Waals surface area (Å²) in [5, 5.41) is 8.79. The van der Waals surface area contributed by atoms with Crippen molar-refractivity contribution >= 4 is 0 Å². The summed E-state index contributed by atoms with van der Waals surface area (Å²) < 4.78 is 0. The number of nitriles is 1. The largest absolute Gasteiger partial charge is 0.198 e. The van der Waals surface area contributed by atoms with E-state index in [1.807, 2.05) is 0 Å². The highest BCUT2D eigenvalue weighted by molar-refractivity contribution is 5.15. The summed E-state index contributed by atoms with van der Waals surface area (Å²) in [4.78, 5) is 0. The molecule has 0 saturated heterocycles.